The van der Waals surface area contributed by atoms with Gasteiger partial charge in [0.25, 0.3) is 0 Å². The monoisotopic (exact) mass is 227 g/mol. The maximum absolute atomic E-state index is 12.9. The zero-order valence-electron chi connectivity index (χ0n) is 7.52. The Morgan fingerprint density at radius 3 is 2.87 bits per heavy atom. The highest BCUT2D eigenvalue weighted by molar-refractivity contribution is 6.30. The van der Waals surface area contributed by atoms with Crippen LogP contribution in [0.4, 0.5) is 4.39 Å². The van der Waals surface area contributed by atoms with Crippen LogP contribution in [0, 0.1) is 5.82 Å². The van der Waals surface area contributed by atoms with Crippen molar-refractivity contribution in [1.29, 1.82) is 0 Å². The van der Waals surface area contributed by atoms with Crippen molar-refractivity contribution in [1.82, 2.24) is 10.1 Å². The van der Waals surface area contributed by atoms with E-state index in [1.165, 1.54) is 24.6 Å². The SMILES string of the molecule is NC(c1ccc(F)c(Cl)c1)c1ncon1. The number of hydrogen-bond acceptors (Lipinski definition) is 4. The van der Waals surface area contributed by atoms with Gasteiger partial charge in [0.1, 0.15) is 5.82 Å². The van der Waals surface area contributed by atoms with Crippen molar-refractivity contribution < 1.29 is 8.91 Å². The van der Waals surface area contributed by atoms with Gasteiger partial charge >= 0.3 is 0 Å². The first-order valence-electron chi connectivity index (χ1n) is 4.15. The Bertz CT molecular complexity index is 460. The highest BCUT2D eigenvalue weighted by atomic mass is 35.5. The molecule has 0 saturated carbocycles. The number of nitrogens with zero attached hydrogens (tertiary/aromatic N) is 2. The summed E-state index contributed by atoms with van der Waals surface area (Å²) < 4.78 is 17.4. The van der Waals surface area contributed by atoms with E-state index in [1.807, 2.05) is 0 Å². The zero-order valence-corrected chi connectivity index (χ0v) is 8.28. The summed E-state index contributed by atoms with van der Waals surface area (Å²) in [4.78, 5) is 3.81. The Morgan fingerprint density at radius 2 is 2.27 bits per heavy atom. The van der Waals surface area contributed by atoms with Gasteiger partial charge in [0, 0.05) is 0 Å². The van der Waals surface area contributed by atoms with Crippen molar-refractivity contribution in [3.8, 4) is 0 Å². The van der Waals surface area contributed by atoms with Crippen molar-refractivity contribution in [2.45, 2.75) is 6.04 Å². The largest absolute Gasteiger partial charge is 0.343 e. The van der Waals surface area contributed by atoms with Gasteiger partial charge in [0.2, 0.25) is 6.39 Å². The molecule has 1 atom stereocenters. The zero-order chi connectivity index (χ0) is 10.8. The fourth-order valence-corrected chi connectivity index (χ4v) is 1.36. The average Bonchev–Trinajstić information content (AvgIpc) is 2.74. The summed E-state index contributed by atoms with van der Waals surface area (Å²) in [5.41, 5.74) is 6.44. The molecule has 0 saturated heterocycles. The summed E-state index contributed by atoms with van der Waals surface area (Å²) in [7, 11) is 0. The summed E-state index contributed by atoms with van der Waals surface area (Å²) >= 11 is 5.62. The van der Waals surface area contributed by atoms with Gasteiger partial charge in [-0.05, 0) is 17.7 Å². The summed E-state index contributed by atoms with van der Waals surface area (Å²) in [5.74, 6) is -0.154. The fourth-order valence-electron chi connectivity index (χ4n) is 1.17. The summed E-state index contributed by atoms with van der Waals surface area (Å²) in [6.07, 6.45) is 1.18. The standard InChI is InChI=1S/C9H7ClFN3O/c10-6-3-5(1-2-7(6)11)8(12)9-13-4-15-14-9/h1-4,8H,12H2. The molecule has 0 amide bonds. The van der Waals surface area contributed by atoms with Crippen LogP contribution in [0.3, 0.4) is 0 Å². The maximum atomic E-state index is 12.9. The van der Waals surface area contributed by atoms with Crippen molar-refractivity contribution in [3.05, 3.63) is 46.8 Å². The van der Waals surface area contributed by atoms with E-state index in [-0.39, 0.29) is 5.02 Å². The van der Waals surface area contributed by atoms with E-state index < -0.39 is 11.9 Å². The lowest BCUT2D eigenvalue weighted by molar-refractivity contribution is 0.407. The number of benzene rings is 1. The molecule has 0 aliphatic carbocycles. The van der Waals surface area contributed by atoms with Crippen LogP contribution in [-0.4, -0.2) is 10.1 Å². The van der Waals surface area contributed by atoms with Gasteiger partial charge in [-0.15, -0.1) is 0 Å². The lowest BCUT2D eigenvalue weighted by Gasteiger charge is -2.07. The smallest absolute Gasteiger partial charge is 0.213 e. The van der Waals surface area contributed by atoms with E-state index in [0.29, 0.717) is 11.4 Å². The topological polar surface area (TPSA) is 64.9 Å². The van der Waals surface area contributed by atoms with Gasteiger partial charge in [0.05, 0.1) is 11.1 Å². The molecular formula is C9H7ClFN3O. The minimum Gasteiger partial charge on any atom is -0.343 e. The lowest BCUT2D eigenvalue weighted by atomic mass is 10.1. The molecule has 2 rings (SSSR count). The third-order valence-corrected chi connectivity index (χ3v) is 2.25. The van der Waals surface area contributed by atoms with Crippen LogP contribution >= 0.6 is 11.6 Å². The van der Waals surface area contributed by atoms with E-state index in [0.717, 1.165) is 0 Å². The van der Waals surface area contributed by atoms with Crippen molar-refractivity contribution in [3.63, 3.8) is 0 Å². The molecular weight excluding hydrogens is 221 g/mol. The summed E-state index contributed by atoms with van der Waals surface area (Å²) in [5, 5.41) is 3.62. The maximum Gasteiger partial charge on any atom is 0.213 e. The highest BCUT2D eigenvalue weighted by Crippen LogP contribution is 2.22. The molecule has 1 aromatic carbocycles. The van der Waals surface area contributed by atoms with E-state index in [1.54, 1.807) is 0 Å². The number of aromatic nitrogens is 2. The van der Waals surface area contributed by atoms with Crippen LogP contribution in [0.1, 0.15) is 17.4 Å². The average molecular weight is 228 g/mol. The predicted molar refractivity (Wildman–Crippen MR) is 51.7 cm³/mol. The molecule has 0 aliphatic rings. The number of rotatable bonds is 2. The second-order valence-corrected chi connectivity index (χ2v) is 3.35. The van der Waals surface area contributed by atoms with Gasteiger partial charge < -0.3 is 10.3 Å². The minimum absolute atomic E-state index is 0.0199. The van der Waals surface area contributed by atoms with Gasteiger partial charge in [0.15, 0.2) is 5.82 Å². The van der Waals surface area contributed by atoms with Crippen molar-refractivity contribution in [2.75, 3.05) is 0 Å². The van der Waals surface area contributed by atoms with E-state index >= 15 is 0 Å². The molecule has 15 heavy (non-hydrogen) atoms. The molecule has 2 aromatic rings. The minimum atomic E-state index is -0.568. The molecule has 6 heteroatoms. The highest BCUT2D eigenvalue weighted by Gasteiger charge is 2.14. The van der Waals surface area contributed by atoms with Crippen LogP contribution in [-0.2, 0) is 0 Å². The van der Waals surface area contributed by atoms with Crippen LogP contribution in [0.5, 0.6) is 0 Å². The second-order valence-electron chi connectivity index (χ2n) is 2.94. The van der Waals surface area contributed by atoms with Gasteiger partial charge in [-0.2, -0.15) is 4.98 Å². The molecule has 0 bridgehead atoms. The number of halogens is 2. The normalized spacial score (nSPS) is 12.7. The molecule has 1 heterocycles. The van der Waals surface area contributed by atoms with Crippen LogP contribution in [0.15, 0.2) is 29.1 Å². The van der Waals surface area contributed by atoms with Gasteiger partial charge in [-0.3, -0.25) is 0 Å². The Kier molecular flexibility index (Phi) is 2.66. The molecule has 4 nitrogen and oxygen atoms in total. The van der Waals surface area contributed by atoms with Gasteiger partial charge in [-0.1, -0.05) is 22.8 Å². The molecule has 0 radical (unpaired) electrons. The van der Waals surface area contributed by atoms with Crippen molar-refractivity contribution in [2.24, 2.45) is 5.73 Å². The quantitative estimate of drug-likeness (QED) is 0.851. The lowest BCUT2D eigenvalue weighted by Crippen LogP contribution is -2.13. The third-order valence-electron chi connectivity index (χ3n) is 1.96. The molecule has 0 spiro atoms. The van der Waals surface area contributed by atoms with Crippen LogP contribution < -0.4 is 5.73 Å². The Morgan fingerprint density at radius 1 is 1.47 bits per heavy atom. The first-order valence-corrected chi connectivity index (χ1v) is 4.53. The first-order chi connectivity index (χ1) is 7.18. The third kappa shape index (κ3) is 1.98. The predicted octanol–water partition coefficient (Wildman–Crippen LogP) is 1.91. The molecule has 0 fully saturated rings. The number of nitrogens with two attached hydrogens (primary N) is 1. The second kappa shape index (κ2) is 3.96. The van der Waals surface area contributed by atoms with Gasteiger partial charge in [-0.25, -0.2) is 4.39 Å². The molecule has 0 aliphatic heterocycles. The summed E-state index contributed by atoms with van der Waals surface area (Å²) in [6, 6.07) is 3.65. The molecule has 1 unspecified atom stereocenters. The Balaban J connectivity index is 2.34. The fraction of sp³-hybridized carbons (Fsp3) is 0.111. The molecule has 2 N–H and O–H groups in total. The molecule has 1 aromatic heterocycles. The van der Waals surface area contributed by atoms with E-state index in [2.05, 4.69) is 14.7 Å². The Hall–Kier alpha value is -1.46. The van der Waals surface area contributed by atoms with Crippen molar-refractivity contribution >= 4 is 11.6 Å². The van der Waals surface area contributed by atoms with E-state index in [9.17, 15) is 4.39 Å². The number of hydrogen-bond donors (Lipinski definition) is 1. The summed E-state index contributed by atoms with van der Waals surface area (Å²) in [6.45, 7) is 0. The van der Waals surface area contributed by atoms with E-state index in [4.69, 9.17) is 17.3 Å². The Labute approximate surface area is 89.8 Å². The van der Waals surface area contributed by atoms with Crippen LogP contribution in [0.25, 0.3) is 0 Å². The molecule has 78 valence electrons. The first kappa shape index (κ1) is 10.1. The van der Waals surface area contributed by atoms with Crippen LogP contribution in [0.2, 0.25) is 5.02 Å².